The first-order chi connectivity index (χ1) is 20.0. The largest absolute Gasteiger partial charge is 0.353 e. The number of ketones is 1. The van der Waals surface area contributed by atoms with E-state index in [0.717, 1.165) is 84.3 Å². The minimum Gasteiger partial charge on any atom is -0.353 e. The van der Waals surface area contributed by atoms with E-state index in [1.54, 1.807) is 0 Å². The zero-order valence-electron chi connectivity index (χ0n) is 27.0. The zero-order chi connectivity index (χ0) is 29.4. The van der Waals surface area contributed by atoms with Crippen LogP contribution in [0.25, 0.3) is 0 Å². The van der Waals surface area contributed by atoms with Gasteiger partial charge in [-0.3, -0.25) is 9.59 Å². The SMILES string of the molecule is C[C@@H]1CC[C@@]2(OC1)O[C@H]1C[C@H]3[C@@H]4CC[C@H]5C[C@@H](NC(=O)CCN6CCN(C)CC6)CC[C@]5(C)[C@H]4CC(=O)[C@]3(C)[C@H]1[C@@H]2C. The van der Waals surface area contributed by atoms with E-state index in [4.69, 9.17) is 9.47 Å². The molecule has 1 N–H and O–H groups in total. The Morgan fingerprint density at radius 2 is 1.79 bits per heavy atom. The molecule has 7 nitrogen and oxygen atoms in total. The molecule has 236 valence electrons. The van der Waals surface area contributed by atoms with Crippen LogP contribution < -0.4 is 5.32 Å². The number of nitrogens with zero attached hydrogens (tertiary/aromatic N) is 2. The Morgan fingerprint density at radius 3 is 2.52 bits per heavy atom. The van der Waals surface area contributed by atoms with Gasteiger partial charge in [0.05, 0.1) is 12.7 Å². The van der Waals surface area contributed by atoms with Gasteiger partial charge in [0.15, 0.2) is 5.79 Å². The predicted molar refractivity (Wildman–Crippen MR) is 163 cm³/mol. The lowest BCUT2D eigenvalue weighted by atomic mass is 9.44. The van der Waals surface area contributed by atoms with Crippen molar-refractivity contribution in [3.05, 3.63) is 0 Å². The second kappa shape index (κ2) is 10.8. The minimum absolute atomic E-state index is 0.161. The summed E-state index contributed by atoms with van der Waals surface area (Å²) in [6, 6.07) is 0.290. The molecule has 7 fully saturated rings. The van der Waals surface area contributed by atoms with Crippen LogP contribution in [-0.2, 0) is 19.1 Å². The van der Waals surface area contributed by atoms with Crippen LogP contribution in [-0.4, -0.2) is 85.8 Å². The number of ether oxygens (including phenoxy) is 2. The molecule has 7 rings (SSSR count). The van der Waals surface area contributed by atoms with Crippen molar-refractivity contribution in [3.63, 3.8) is 0 Å². The fourth-order valence-electron chi connectivity index (χ4n) is 11.7. The van der Waals surface area contributed by atoms with Gasteiger partial charge in [0, 0.05) is 75.3 Å². The molecular formula is C35H57N3O4. The first-order valence-corrected chi connectivity index (χ1v) is 17.6. The van der Waals surface area contributed by atoms with Crippen molar-refractivity contribution in [1.29, 1.82) is 0 Å². The molecule has 1 amide bonds. The van der Waals surface area contributed by atoms with Gasteiger partial charge in [0.1, 0.15) is 5.78 Å². The second-order valence-electron chi connectivity index (χ2n) is 16.5. The van der Waals surface area contributed by atoms with Crippen LogP contribution in [0.3, 0.4) is 0 Å². The number of Topliss-reactive ketones (excluding diaryl/α,β-unsaturated/α-hetero) is 1. The second-order valence-corrected chi connectivity index (χ2v) is 16.5. The highest BCUT2D eigenvalue weighted by molar-refractivity contribution is 5.87. The van der Waals surface area contributed by atoms with Gasteiger partial charge in [0.25, 0.3) is 0 Å². The fraction of sp³-hybridized carbons (Fsp3) is 0.943. The summed E-state index contributed by atoms with van der Waals surface area (Å²) in [7, 11) is 2.17. The van der Waals surface area contributed by atoms with E-state index in [9.17, 15) is 9.59 Å². The van der Waals surface area contributed by atoms with Crippen LogP contribution in [0.15, 0.2) is 0 Å². The Balaban J connectivity index is 0.991. The van der Waals surface area contributed by atoms with E-state index in [1.165, 1.54) is 12.8 Å². The number of hydrogen-bond donors (Lipinski definition) is 1. The van der Waals surface area contributed by atoms with Crippen molar-refractivity contribution in [2.45, 2.75) is 110 Å². The molecule has 3 heterocycles. The normalized spacial score (nSPS) is 51.1. The molecule has 4 aliphatic carbocycles. The van der Waals surface area contributed by atoms with E-state index < -0.39 is 5.79 Å². The molecule has 7 aliphatic rings. The molecule has 0 radical (unpaired) electrons. The third-order valence-electron chi connectivity index (χ3n) is 14.4. The van der Waals surface area contributed by atoms with Crippen molar-refractivity contribution in [2.75, 3.05) is 46.4 Å². The minimum atomic E-state index is -0.468. The van der Waals surface area contributed by atoms with Crippen LogP contribution in [0.5, 0.6) is 0 Å². The van der Waals surface area contributed by atoms with E-state index in [-0.39, 0.29) is 34.7 Å². The van der Waals surface area contributed by atoms with Crippen molar-refractivity contribution < 1.29 is 19.1 Å². The number of carbonyl (C=O) groups is 2. The lowest BCUT2D eigenvalue weighted by molar-refractivity contribution is -0.272. The van der Waals surface area contributed by atoms with Crippen molar-refractivity contribution in [3.8, 4) is 0 Å². The molecule has 7 heteroatoms. The fourth-order valence-corrected chi connectivity index (χ4v) is 11.7. The molecule has 1 spiro atoms. The molecule has 12 atom stereocenters. The maximum absolute atomic E-state index is 14.4. The summed E-state index contributed by atoms with van der Waals surface area (Å²) in [5, 5.41) is 3.43. The maximum atomic E-state index is 14.4. The average Bonchev–Trinajstić information content (AvgIpc) is 3.41. The number of fused-ring (bicyclic) bond motifs is 7. The third-order valence-corrected chi connectivity index (χ3v) is 14.4. The van der Waals surface area contributed by atoms with E-state index in [0.29, 0.717) is 47.8 Å². The topological polar surface area (TPSA) is 71.1 Å². The summed E-state index contributed by atoms with van der Waals surface area (Å²) in [6.07, 6.45) is 10.4. The molecule has 0 bridgehead atoms. The van der Waals surface area contributed by atoms with Gasteiger partial charge in [-0.15, -0.1) is 0 Å². The van der Waals surface area contributed by atoms with Gasteiger partial charge in [-0.1, -0.05) is 27.7 Å². The smallest absolute Gasteiger partial charge is 0.221 e. The van der Waals surface area contributed by atoms with Crippen LogP contribution in [0.4, 0.5) is 0 Å². The summed E-state index contributed by atoms with van der Waals surface area (Å²) >= 11 is 0. The third kappa shape index (κ3) is 4.65. The van der Waals surface area contributed by atoms with Crippen LogP contribution >= 0.6 is 0 Å². The van der Waals surface area contributed by atoms with Crippen LogP contribution in [0, 0.1) is 52.3 Å². The lowest BCUT2D eigenvalue weighted by Crippen LogP contribution is -2.59. The van der Waals surface area contributed by atoms with Gasteiger partial charge >= 0.3 is 0 Å². The zero-order valence-corrected chi connectivity index (χ0v) is 27.0. The molecular weight excluding hydrogens is 526 g/mol. The number of carbonyl (C=O) groups excluding carboxylic acids is 2. The van der Waals surface area contributed by atoms with E-state index >= 15 is 0 Å². The van der Waals surface area contributed by atoms with Crippen LogP contribution in [0.1, 0.15) is 91.9 Å². The first kappa shape index (κ1) is 29.7. The first-order valence-electron chi connectivity index (χ1n) is 17.6. The monoisotopic (exact) mass is 583 g/mol. The molecule has 0 aromatic rings. The number of piperazine rings is 1. The highest BCUT2D eigenvalue weighted by Crippen LogP contribution is 2.70. The summed E-state index contributed by atoms with van der Waals surface area (Å²) in [6.45, 7) is 15.4. The van der Waals surface area contributed by atoms with Crippen molar-refractivity contribution in [2.24, 2.45) is 52.3 Å². The van der Waals surface area contributed by atoms with Gasteiger partial charge in [-0.2, -0.15) is 0 Å². The average molecular weight is 584 g/mol. The van der Waals surface area contributed by atoms with Crippen molar-refractivity contribution in [1.82, 2.24) is 15.1 Å². The standard InChI is InChI=1S/C35H57N3O4/c1-22-8-12-35(41-21-22)23(2)32-29(42-35)19-28-26-7-6-24-18-25(36-31(40)10-13-38-16-14-37(5)15-17-38)9-11-33(24,3)27(26)20-30(39)34(28,32)4/h22-29,32H,6-21H2,1-5H3,(H,36,40)/t22-,23+,24+,25+,26-,27+,28+,29+,32+,33+,34-,35-/m1/s1. The van der Waals surface area contributed by atoms with E-state index in [1.807, 2.05) is 0 Å². The van der Waals surface area contributed by atoms with Crippen LogP contribution in [0.2, 0.25) is 0 Å². The molecule has 0 aromatic carbocycles. The molecule has 42 heavy (non-hydrogen) atoms. The highest BCUT2D eigenvalue weighted by atomic mass is 16.7. The number of nitrogens with one attached hydrogen (secondary N) is 1. The summed E-state index contributed by atoms with van der Waals surface area (Å²) in [4.78, 5) is 32.1. The number of amides is 1. The Bertz CT molecular complexity index is 1050. The Kier molecular flexibility index (Phi) is 7.64. The Morgan fingerprint density at radius 1 is 1.00 bits per heavy atom. The van der Waals surface area contributed by atoms with E-state index in [2.05, 4.69) is 49.9 Å². The van der Waals surface area contributed by atoms with Gasteiger partial charge in [-0.25, -0.2) is 0 Å². The molecule has 3 saturated heterocycles. The summed E-state index contributed by atoms with van der Waals surface area (Å²) in [5.74, 6) is 3.55. The van der Waals surface area contributed by atoms with Gasteiger partial charge in [0.2, 0.25) is 5.91 Å². The number of likely N-dealkylation sites (N-methyl/N-ethyl adjacent to an activating group) is 1. The Hall–Kier alpha value is -1.02. The number of rotatable bonds is 4. The molecule has 4 saturated carbocycles. The predicted octanol–water partition coefficient (Wildman–Crippen LogP) is 4.73. The molecule has 3 aliphatic heterocycles. The summed E-state index contributed by atoms with van der Waals surface area (Å²) in [5.41, 5.74) is -0.0751. The van der Waals surface area contributed by atoms with Gasteiger partial charge < -0.3 is 24.6 Å². The molecule has 0 aromatic heterocycles. The van der Waals surface area contributed by atoms with Gasteiger partial charge in [-0.05, 0) is 87.0 Å². The van der Waals surface area contributed by atoms with Crippen molar-refractivity contribution >= 4 is 11.7 Å². The molecule has 0 unspecified atom stereocenters. The summed E-state index contributed by atoms with van der Waals surface area (Å²) < 4.78 is 13.3. The lowest BCUT2D eigenvalue weighted by Gasteiger charge is -2.60. The Labute approximate surface area is 254 Å². The number of hydrogen-bond acceptors (Lipinski definition) is 6. The quantitative estimate of drug-likeness (QED) is 0.516. The highest BCUT2D eigenvalue weighted by Gasteiger charge is 2.71. The maximum Gasteiger partial charge on any atom is 0.221 e.